The van der Waals surface area contributed by atoms with Crippen LogP contribution in [0.5, 0.6) is 0 Å². The minimum absolute atomic E-state index is 0.402. The lowest BCUT2D eigenvalue weighted by Gasteiger charge is -2.28. The van der Waals surface area contributed by atoms with Gasteiger partial charge in [-0.1, -0.05) is 6.92 Å². The van der Waals surface area contributed by atoms with Gasteiger partial charge in [-0.3, -0.25) is 4.90 Å². The molecular weight excluding hydrogens is 200 g/mol. The normalized spacial score (nSPS) is 25.3. The molecule has 0 aromatic rings. The molecule has 1 aliphatic rings. The van der Waals surface area contributed by atoms with Crippen LogP contribution in [-0.2, 0) is 4.74 Å². The van der Waals surface area contributed by atoms with Gasteiger partial charge >= 0.3 is 0 Å². The van der Waals surface area contributed by atoms with Gasteiger partial charge in [0.25, 0.3) is 0 Å². The van der Waals surface area contributed by atoms with Gasteiger partial charge in [0.15, 0.2) is 0 Å². The summed E-state index contributed by atoms with van der Waals surface area (Å²) in [5, 5.41) is 3.38. The summed E-state index contributed by atoms with van der Waals surface area (Å²) < 4.78 is 5.67. The van der Waals surface area contributed by atoms with E-state index < -0.39 is 0 Å². The highest BCUT2D eigenvalue weighted by atomic mass is 16.5. The Bertz CT molecular complexity index is 175. The van der Waals surface area contributed by atoms with Gasteiger partial charge in [-0.15, -0.1) is 0 Å². The van der Waals surface area contributed by atoms with Crippen molar-refractivity contribution in [2.24, 2.45) is 0 Å². The summed E-state index contributed by atoms with van der Waals surface area (Å²) >= 11 is 0. The molecule has 1 heterocycles. The van der Waals surface area contributed by atoms with Crippen LogP contribution in [-0.4, -0.2) is 49.8 Å². The fourth-order valence-corrected chi connectivity index (χ4v) is 2.31. The Hall–Kier alpha value is -0.120. The predicted octanol–water partition coefficient (Wildman–Crippen LogP) is 1.88. The Kier molecular flexibility index (Phi) is 7.01. The number of nitrogens with one attached hydrogen (secondary N) is 1. The van der Waals surface area contributed by atoms with Crippen LogP contribution in [0.1, 0.15) is 40.0 Å². The van der Waals surface area contributed by atoms with Crippen LogP contribution in [0.25, 0.3) is 0 Å². The molecule has 0 spiro atoms. The fraction of sp³-hybridized carbons (Fsp3) is 1.00. The molecule has 2 atom stereocenters. The molecule has 0 amide bonds. The van der Waals surface area contributed by atoms with Crippen LogP contribution in [0.4, 0.5) is 0 Å². The van der Waals surface area contributed by atoms with E-state index in [1.807, 2.05) is 0 Å². The van der Waals surface area contributed by atoms with E-state index in [0.29, 0.717) is 12.1 Å². The first-order valence-electron chi connectivity index (χ1n) is 6.80. The quantitative estimate of drug-likeness (QED) is 0.703. The van der Waals surface area contributed by atoms with Crippen molar-refractivity contribution in [1.82, 2.24) is 10.2 Å². The van der Waals surface area contributed by atoms with Gasteiger partial charge in [0.05, 0.1) is 6.10 Å². The first-order valence-corrected chi connectivity index (χ1v) is 6.80. The van der Waals surface area contributed by atoms with E-state index in [4.69, 9.17) is 4.74 Å². The topological polar surface area (TPSA) is 24.5 Å². The highest BCUT2D eigenvalue weighted by Crippen LogP contribution is 2.12. The molecule has 1 fully saturated rings. The van der Waals surface area contributed by atoms with E-state index in [2.05, 4.69) is 31.0 Å². The zero-order valence-electron chi connectivity index (χ0n) is 11.2. The molecule has 0 saturated carbocycles. The summed E-state index contributed by atoms with van der Waals surface area (Å²) in [4.78, 5) is 2.59. The summed E-state index contributed by atoms with van der Waals surface area (Å²) in [5.41, 5.74) is 0. The van der Waals surface area contributed by atoms with E-state index in [-0.39, 0.29) is 0 Å². The van der Waals surface area contributed by atoms with Crippen molar-refractivity contribution in [1.29, 1.82) is 0 Å². The second-order valence-electron chi connectivity index (χ2n) is 4.87. The molecule has 96 valence electrons. The minimum Gasteiger partial charge on any atom is -0.377 e. The summed E-state index contributed by atoms with van der Waals surface area (Å²) in [6, 6.07) is 0.697. The van der Waals surface area contributed by atoms with Gasteiger partial charge in [0.2, 0.25) is 0 Å². The Morgan fingerprint density at radius 1 is 1.50 bits per heavy atom. The maximum Gasteiger partial charge on any atom is 0.0673 e. The third-order valence-electron chi connectivity index (χ3n) is 3.33. The van der Waals surface area contributed by atoms with Crippen molar-refractivity contribution in [3.8, 4) is 0 Å². The molecule has 1 saturated heterocycles. The van der Waals surface area contributed by atoms with E-state index in [0.717, 1.165) is 26.2 Å². The fourth-order valence-electron chi connectivity index (χ4n) is 2.31. The Balaban J connectivity index is 2.20. The third kappa shape index (κ3) is 5.28. The predicted molar refractivity (Wildman–Crippen MR) is 68.8 cm³/mol. The summed E-state index contributed by atoms with van der Waals surface area (Å²) in [7, 11) is 0. The van der Waals surface area contributed by atoms with Crippen LogP contribution in [0.15, 0.2) is 0 Å². The first kappa shape index (κ1) is 13.9. The van der Waals surface area contributed by atoms with Crippen molar-refractivity contribution in [2.45, 2.75) is 52.2 Å². The Morgan fingerprint density at radius 2 is 2.31 bits per heavy atom. The summed E-state index contributed by atoms with van der Waals surface area (Å²) in [5.74, 6) is 0. The average Bonchev–Trinajstić information content (AvgIpc) is 2.49. The van der Waals surface area contributed by atoms with E-state index >= 15 is 0 Å². The van der Waals surface area contributed by atoms with E-state index in [9.17, 15) is 0 Å². The molecule has 0 aliphatic carbocycles. The van der Waals surface area contributed by atoms with E-state index in [1.54, 1.807) is 0 Å². The van der Waals surface area contributed by atoms with Gasteiger partial charge in [-0.2, -0.15) is 0 Å². The number of nitrogens with zero attached hydrogens (tertiary/aromatic N) is 1. The second kappa shape index (κ2) is 8.04. The van der Waals surface area contributed by atoms with Crippen LogP contribution in [0, 0.1) is 0 Å². The SMILES string of the molecule is CCNCCCC(C)N1CCCOC(C)C1. The standard InChI is InChI=1S/C13H28N2O/c1-4-14-8-5-7-12(2)15-9-6-10-16-13(3)11-15/h12-14H,4-11H2,1-3H3. The van der Waals surface area contributed by atoms with Crippen LogP contribution in [0.2, 0.25) is 0 Å². The maximum atomic E-state index is 5.67. The summed E-state index contributed by atoms with van der Waals surface area (Å²) in [6.07, 6.45) is 4.15. The smallest absolute Gasteiger partial charge is 0.0673 e. The maximum absolute atomic E-state index is 5.67. The molecule has 0 aromatic carbocycles. The first-order chi connectivity index (χ1) is 7.74. The van der Waals surface area contributed by atoms with Gasteiger partial charge in [-0.25, -0.2) is 0 Å². The van der Waals surface area contributed by atoms with Crippen LogP contribution in [0.3, 0.4) is 0 Å². The largest absolute Gasteiger partial charge is 0.377 e. The molecule has 2 unspecified atom stereocenters. The van der Waals surface area contributed by atoms with Crippen molar-refractivity contribution < 1.29 is 4.74 Å². The minimum atomic E-state index is 0.402. The molecule has 0 aromatic heterocycles. The number of ether oxygens (including phenoxy) is 1. The third-order valence-corrected chi connectivity index (χ3v) is 3.33. The highest BCUT2D eigenvalue weighted by Gasteiger charge is 2.19. The number of hydrogen-bond acceptors (Lipinski definition) is 3. The Morgan fingerprint density at radius 3 is 3.06 bits per heavy atom. The van der Waals surface area contributed by atoms with Crippen molar-refractivity contribution in [3.63, 3.8) is 0 Å². The van der Waals surface area contributed by atoms with Gasteiger partial charge in [-0.05, 0) is 46.2 Å². The zero-order chi connectivity index (χ0) is 11.8. The monoisotopic (exact) mass is 228 g/mol. The molecule has 16 heavy (non-hydrogen) atoms. The molecule has 0 radical (unpaired) electrons. The average molecular weight is 228 g/mol. The highest BCUT2D eigenvalue weighted by molar-refractivity contribution is 4.73. The second-order valence-corrected chi connectivity index (χ2v) is 4.87. The van der Waals surface area contributed by atoms with Gasteiger partial charge < -0.3 is 10.1 Å². The molecular formula is C13H28N2O. The van der Waals surface area contributed by atoms with Gasteiger partial charge in [0, 0.05) is 25.7 Å². The molecule has 1 aliphatic heterocycles. The molecule has 3 heteroatoms. The lowest BCUT2D eigenvalue weighted by atomic mass is 10.1. The van der Waals surface area contributed by atoms with E-state index in [1.165, 1.54) is 25.8 Å². The number of rotatable bonds is 6. The Labute approximate surface area is 101 Å². The van der Waals surface area contributed by atoms with Crippen molar-refractivity contribution in [3.05, 3.63) is 0 Å². The molecule has 1 rings (SSSR count). The molecule has 3 nitrogen and oxygen atoms in total. The molecule has 1 N–H and O–H groups in total. The zero-order valence-corrected chi connectivity index (χ0v) is 11.2. The van der Waals surface area contributed by atoms with Gasteiger partial charge in [0.1, 0.15) is 0 Å². The van der Waals surface area contributed by atoms with Crippen molar-refractivity contribution in [2.75, 3.05) is 32.8 Å². The molecule has 0 bridgehead atoms. The summed E-state index contributed by atoms with van der Waals surface area (Å²) in [6.45, 7) is 12.2. The van der Waals surface area contributed by atoms with Crippen LogP contribution >= 0.6 is 0 Å². The van der Waals surface area contributed by atoms with Crippen LogP contribution < -0.4 is 5.32 Å². The lowest BCUT2D eigenvalue weighted by molar-refractivity contribution is 0.0612. The van der Waals surface area contributed by atoms with Crippen molar-refractivity contribution >= 4 is 0 Å². The lowest BCUT2D eigenvalue weighted by Crippen LogP contribution is -2.38. The number of hydrogen-bond donors (Lipinski definition) is 1.